The van der Waals surface area contributed by atoms with Crippen LogP contribution >= 0.6 is 0 Å². The number of carbonyl (C=O) groups excluding carboxylic acids is 2. The highest BCUT2D eigenvalue weighted by atomic mass is 16.7. The van der Waals surface area contributed by atoms with E-state index in [1.807, 2.05) is 25.2 Å². The van der Waals surface area contributed by atoms with Crippen molar-refractivity contribution in [2.75, 3.05) is 27.5 Å². The Hall–Kier alpha value is -3.26. The molecule has 3 aliphatic rings. The van der Waals surface area contributed by atoms with Crippen molar-refractivity contribution in [3.05, 3.63) is 34.9 Å². The maximum absolute atomic E-state index is 12.0. The van der Waals surface area contributed by atoms with E-state index in [4.69, 9.17) is 23.7 Å². The molecule has 8 heteroatoms. The summed E-state index contributed by atoms with van der Waals surface area (Å²) in [7, 11) is 3.53. The molecule has 0 spiro atoms. The second-order valence-electron chi connectivity index (χ2n) is 8.00. The van der Waals surface area contributed by atoms with E-state index in [0.29, 0.717) is 29.5 Å². The van der Waals surface area contributed by atoms with Gasteiger partial charge in [-0.3, -0.25) is 14.5 Å². The molecular formula is C23H23NO7. The van der Waals surface area contributed by atoms with Crippen LogP contribution in [0, 0.1) is 0 Å². The van der Waals surface area contributed by atoms with E-state index in [0.717, 1.165) is 34.2 Å². The Morgan fingerprint density at radius 3 is 2.52 bits per heavy atom. The maximum Gasteiger partial charge on any atom is 0.308 e. The summed E-state index contributed by atoms with van der Waals surface area (Å²) in [6.45, 7) is 3.48. The van der Waals surface area contributed by atoms with Crippen molar-refractivity contribution >= 4 is 11.9 Å². The summed E-state index contributed by atoms with van der Waals surface area (Å²) in [4.78, 5) is 26.0. The number of fused-ring (bicyclic) bond motifs is 3. The van der Waals surface area contributed by atoms with Gasteiger partial charge < -0.3 is 23.7 Å². The van der Waals surface area contributed by atoms with Crippen molar-refractivity contribution in [2.45, 2.75) is 32.4 Å². The molecule has 0 saturated carbocycles. The highest BCUT2D eigenvalue weighted by Gasteiger charge is 2.41. The van der Waals surface area contributed by atoms with Crippen molar-refractivity contribution in [3.8, 4) is 34.1 Å². The fraction of sp³-hybridized carbons (Fsp3) is 0.391. The molecule has 0 radical (unpaired) electrons. The molecule has 162 valence electrons. The van der Waals surface area contributed by atoms with E-state index in [9.17, 15) is 9.59 Å². The predicted molar refractivity (Wildman–Crippen MR) is 109 cm³/mol. The van der Waals surface area contributed by atoms with Gasteiger partial charge in [-0.05, 0) is 48.4 Å². The van der Waals surface area contributed by atoms with Gasteiger partial charge in [0.2, 0.25) is 6.79 Å². The maximum atomic E-state index is 12.0. The van der Waals surface area contributed by atoms with Crippen LogP contribution in [-0.2, 0) is 20.7 Å². The summed E-state index contributed by atoms with van der Waals surface area (Å²) in [5.41, 5.74) is 4.56. The van der Waals surface area contributed by atoms with Gasteiger partial charge in [-0.25, -0.2) is 0 Å². The van der Waals surface area contributed by atoms with E-state index in [1.165, 1.54) is 21.0 Å². The molecule has 0 fully saturated rings. The summed E-state index contributed by atoms with van der Waals surface area (Å²) >= 11 is 0. The van der Waals surface area contributed by atoms with E-state index >= 15 is 0 Å². The molecule has 2 aliphatic heterocycles. The minimum Gasteiger partial charge on any atom is -0.493 e. The Morgan fingerprint density at radius 1 is 1.10 bits per heavy atom. The zero-order valence-corrected chi connectivity index (χ0v) is 17.8. The van der Waals surface area contributed by atoms with Crippen LogP contribution in [0.3, 0.4) is 0 Å². The van der Waals surface area contributed by atoms with Crippen molar-refractivity contribution in [3.63, 3.8) is 0 Å². The largest absolute Gasteiger partial charge is 0.493 e. The lowest BCUT2D eigenvalue weighted by Crippen LogP contribution is -2.39. The van der Waals surface area contributed by atoms with E-state index in [-0.39, 0.29) is 18.8 Å². The highest BCUT2D eigenvalue weighted by molar-refractivity contribution is 5.87. The number of nitrogens with zero attached hydrogens (tertiary/aromatic N) is 1. The second kappa shape index (κ2) is 7.16. The first-order valence-corrected chi connectivity index (χ1v) is 10.1. The van der Waals surface area contributed by atoms with Gasteiger partial charge in [-0.1, -0.05) is 0 Å². The molecule has 0 N–H and O–H groups in total. The topological polar surface area (TPSA) is 83.5 Å². The number of carbonyl (C=O) groups is 2. The third kappa shape index (κ3) is 3.09. The number of esters is 2. The van der Waals surface area contributed by atoms with E-state index in [2.05, 4.69) is 4.90 Å². The van der Waals surface area contributed by atoms with Gasteiger partial charge in [0.05, 0.1) is 7.11 Å². The first-order chi connectivity index (χ1) is 14.9. The minimum absolute atomic E-state index is 0.0184. The Labute approximate surface area is 179 Å². The molecule has 0 bridgehead atoms. The molecule has 1 aliphatic carbocycles. The molecule has 0 amide bonds. The van der Waals surface area contributed by atoms with Gasteiger partial charge >= 0.3 is 11.9 Å². The van der Waals surface area contributed by atoms with Crippen molar-refractivity contribution < 1.29 is 33.3 Å². The normalized spacial score (nSPS) is 20.5. The molecule has 0 unspecified atom stereocenters. The third-order valence-corrected chi connectivity index (χ3v) is 6.04. The third-order valence-electron chi connectivity index (χ3n) is 6.04. The fourth-order valence-corrected chi connectivity index (χ4v) is 4.82. The monoisotopic (exact) mass is 425 g/mol. The molecule has 2 aromatic carbocycles. The van der Waals surface area contributed by atoms with Gasteiger partial charge in [0.25, 0.3) is 0 Å². The standard InChI is InChI=1S/C23H23NO7/c1-11(25)30-20-9-24(3)16-5-13-6-17-18(29-10-28-17)7-14(13)22-21(16)15(20)8-19(27-4)23(22)31-12(2)26/h6-8,16,20H,5,9-10H2,1-4H3/t16-,20-/m0/s1. The Morgan fingerprint density at radius 2 is 1.84 bits per heavy atom. The number of rotatable bonds is 3. The molecule has 31 heavy (non-hydrogen) atoms. The van der Waals surface area contributed by atoms with Crippen LogP contribution in [0.4, 0.5) is 0 Å². The van der Waals surface area contributed by atoms with Gasteiger partial charge in [-0.15, -0.1) is 0 Å². The number of likely N-dealkylation sites (N-methyl/N-ethyl adjacent to an activating group) is 1. The smallest absolute Gasteiger partial charge is 0.308 e. The molecule has 8 nitrogen and oxygen atoms in total. The number of ether oxygens (including phenoxy) is 5. The lowest BCUT2D eigenvalue weighted by atomic mass is 9.75. The zero-order chi connectivity index (χ0) is 21.9. The molecule has 0 aromatic heterocycles. The van der Waals surface area contributed by atoms with Crippen LogP contribution < -0.4 is 18.9 Å². The molecule has 2 atom stereocenters. The van der Waals surface area contributed by atoms with Gasteiger partial charge in [-0.2, -0.15) is 0 Å². The average Bonchev–Trinajstić information content (AvgIpc) is 3.16. The predicted octanol–water partition coefficient (Wildman–Crippen LogP) is 3.16. The number of hydrogen-bond acceptors (Lipinski definition) is 8. The van der Waals surface area contributed by atoms with E-state index < -0.39 is 12.1 Å². The number of methoxy groups -OCH3 is 1. The summed E-state index contributed by atoms with van der Waals surface area (Å²) in [6.07, 6.45) is 0.282. The fourth-order valence-electron chi connectivity index (χ4n) is 4.82. The summed E-state index contributed by atoms with van der Waals surface area (Å²) in [5, 5.41) is 0. The average molecular weight is 425 g/mol. The summed E-state index contributed by atoms with van der Waals surface area (Å²) in [6, 6.07) is 5.75. The van der Waals surface area contributed by atoms with E-state index in [1.54, 1.807) is 0 Å². The van der Waals surface area contributed by atoms with Crippen LogP contribution in [-0.4, -0.2) is 44.3 Å². The molecule has 2 heterocycles. The molecular weight excluding hydrogens is 402 g/mol. The van der Waals surface area contributed by atoms with Crippen LogP contribution in [0.5, 0.6) is 23.0 Å². The SMILES string of the molecule is COc1cc2c3c(c1OC(C)=O)-c1cc4c(cc1C[C@@H]3N(C)C[C@@H]2OC(C)=O)OCO4. The van der Waals surface area contributed by atoms with Crippen LogP contribution in [0.25, 0.3) is 11.1 Å². The molecule has 2 aromatic rings. The van der Waals surface area contributed by atoms with Crippen LogP contribution in [0.15, 0.2) is 18.2 Å². The van der Waals surface area contributed by atoms with Crippen molar-refractivity contribution in [1.29, 1.82) is 0 Å². The number of hydrogen-bond donors (Lipinski definition) is 0. The lowest BCUT2D eigenvalue weighted by molar-refractivity contribution is -0.148. The number of benzene rings is 2. The molecule has 0 saturated heterocycles. The highest BCUT2D eigenvalue weighted by Crippen LogP contribution is 2.56. The summed E-state index contributed by atoms with van der Waals surface area (Å²) < 4.78 is 28.1. The Bertz CT molecular complexity index is 1110. The first-order valence-electron chi connectivity index (χ1n) is 10.1. The lowest BCUT2D eigenvalue weighted by Gasteiger charge is -2.43. The van der Waals surface area contributed by atoms with Gasteiger partial charge in [0.15, 0.2) is 23.0 Å². The second-order valence-corrected chi connectivity index (χ2v) is 8.00. The van der Waals surface area contributed by atoms with Crippen LogP contribution in [0.2, 0.25) is 0 Å². The minimum atomic E-state index is -0.455. The zero-order valence-electron chi connectivity index (χ0n) is 17.8. The first kappa shape index (κ1) is 19.7. The quantitative estimate of drug-likeness (QED) is 0.548. The van der Waals surface area contributed by atoms with Crippen LogP contribution in [0.1, 0.15) is 42.7 Å². The molecule has 5 rings (SSSR count). The van der Waals surface area contributed by atoms with Crippen molar-refractivity contribution in [1.82, 2.24) is 4.90 Å². The Kier molecular flexibility index (Phi) is 4.55. The summed E-state index contributed by atoms with van der Waals surface area (Å²) in [5.74, 6) is 1.32. The Balaban J connectivity index is 1.83. The van der Waals surface area contributed by atoms with Gasteiger partial charge in [0, 0.05) is 37.6 Å². The van der Waals surface area contributed by atoms with Crippen molar-refractivity contribution in [2.24, 2.45) is 0 Å². The van der Waals surface area contributed by atoms with Gasteiger partial charge in [0.1, 0.15) is 6.10 Å².